The summed E-state index contributed by atoms with van der Waals surface area (Å²) in [7, 11) is 1.80. The highest BCUT2D eigenvalue weighted by atomic mass is 127. The lowest BCUT2D eigenvalue weighted by atomic mass is 9.87. The highest BCUT2D eigenvalue weighted by Crippen LogP contribution is 2.42. The highest BCUT2D eigenvalue weighted by Gasteiger charge is 2.38. The molecule has 1 aliphatic carbocycles. The lowest BCUT2D eigenvalue weighted by molar-refractivity contribution is 0.0950. The summed E-state index contributed by atoms with van der Waals surface area (Å²) in [5.41, 5.74) is 0.0779. The highest BCUT2D eigenvalue weighted by molar-refractivity contribution is 14.0. The molecule has 0 radical (unpaired) electrons. The minimum atomic E-state index is -0.498. The van der Waals surface area contributed by atoms with Crippen molar-refractivity contribution in [1.82, 2.24) is 15.5 Å². The van der Waals surface area contributed by atoms with Crippen LogP contribution in [0.3, 0.4) is 0 Å². The van der Waals surface area contributed by atoms with Crippen LogP contribution < -0.4 is 10.6 Å². The maximum Gasteiger partial charge on any atom is 0.254 e. The van der Waals surface area contributed by atoms with Crippen LogP contribution in [0.15, 0.2) is 29.3 Å². The lowest BCUT2D eigenvalue weighted by Gasteiger charge is -2.45. The van der Waals surface area contributed by atoms with Crippen molar-refractivity contribution in [2.75, 3.05) is 39.0 Å². The Bertz CT molecular complexity index is 676. The Morgan fingerprint density at radius 1 is 1.21 bits per heavy atom. The molecule has 1 saturated carbocycles. The molecule has 28 heavy (non-hydrogen) atoms. The van der Waals surface area contributed by atoms with Crippen molar-refractivity contribution >= 4 is 47.6 Å². The van der Waals surface area contributed by atoms with Crippen LogP contribution in [0, 0.1) is 5.82 Å². The Morgan fingerprint density at radius 2 is 1.93 bits per heavy atom. The number of carbonyl (C=O) groups excluding carboxylic acids is 1. The molecular weight excluding hydrogens is 490 g/mol. The van der Waals surface area contributed by atoms with Gasteiger partial charge in [0.15, 0.2) is 5.96 Å². The van der Waals surface area contributed by atoms with Crippen LogP contribution >= 0.6 is 35.7 Å². The molecule has 3 rings (SSSR count). The Hall–Kier alpha value is -1.03. The molecule has 2 N–H and O–H groups in total. The van der Waals surface area contributed by atoms with Crippen molar-refractivity contribution in [3.05, 3.63) is 35.6 Å². The summed E-state index contributed by atoms with van der Waals surface area (Å²) in [6.45, 7) is 3.01. The number of carbonyl (C=O) groups is 1. The van der Waals surface area contributed by atoms with E-state index in [2.05, 4.69) is 32.3 Å². The van der Waals surface area contributed by atoms with E-state index in [-0.39, 0.29) is 35.4 Å². The number of benzene rings is 1. The summed E-state index contributed by atoms with van der Waals surface area (Å²) in [6, 6.07) is 6.03. The number of nitrogens with zero attached hydrogens (tertiary/aromatic N) is 2. The third-order valence-corrected chi connectivity index (χ3v) is 6.87. The van der Waals surface area contributed by atoms with Crippen molar-refractivity contribution < 1.29 is 9.18 Å². The average Bonchev–Trinajstić information content (AvgIpc) is 2.69. The van der Waals surface area contributed by atoms with Gasteiger partial charge in [-0.05, 0) is 25.0 Å². The van der Waals surface area contributed by atoms with Crippen LogP contribution in [-0.4, -0.2) is 60.5 Å². The van der Waals surface area contributed by atoms with E-state index >= 15 is 0 Å². The molecule has 2 aliphatic rings. The third-order valence-electron chi connectivity index (χ3n) is 5.34. The number of guanidine groups is 1. The quantitative estimate of drug-likeness (QED) is 0.276. The first-order valence-electron chi connectivity index (χ1n) is 9.76. The standard InChI is InChI=1S/C20H29FN4OS.HI/c1-22-19(25-13-14-27-20(15-25)9-5-2-6-10-20)24-12-11-23-18(26)16-7-3-4-8-17(16)21;/h3-4,7-8H,2,5-6,9-15H2,1H3,(H,22,24)(H,23,26);1H. The first kappa shape index (κ1) is 23.3. The molecular formula is C20H30FIN4OS. The Kier molecular flexibility index (Phi) is 9.33. The normalized spacial score (nSPS) is 19.1. The van der Waals surface area contributed by atoms with E-state index in [0.717, 1.165) is 24.8 Å². The zero-order valence-electron chi connectivity index (χ0n) is 16.4. The van der Waals surface area contributed by atoms with Gasteiger partial charge in [-0.2, -0.15) is 11.8 Å². The van der Waals surface area contributed by atoms with Crippen LogP contribution in [0.4, 0.5) is 4.39 Å². The fourth-order valence-corrected chi connectivity index (χ4v) is 5.52. The van der Waals surface area contributed by atoms with E-state index in [1.165, 1.54) is 44.2 Å². The van der Waals surface area contributed by atoms with Crippen molar-refractivity contribution in [2.45, 2.75) is 36.9 Å². The third kappa shape index (κ3) is 5.98. The first-order valence-corrected chi connectivity index (χ1v) is 10.7. The Morgan fingerprint density at radius 3 is 2.64 bits per heavy atom. The predicted molar refractivity (Wildman–Crippen MR) is 125 cm³/mol. The van der Waals surface area contributed by atoms with E-state index in [0.29, 0.717) is 17.8 Å². The van der Waals surface area contributed by atoms with Gasteiger partial charge in [-0.3, -0.25) is 9.79 Å². The molecule has 0 aromatic heterocycles. The van der Waals surface area contributed by atoms with E-state index in [1.54, 1.807) is 19.2 Å². The maximum atomic E-state index is 13.6. The number of thioether (sulfide) groups is 1. The van der Waals surface area contributed by atoms with Gasteiger partial charge < -0.3 is 15.5 Å². The SMILES string of the molecule is CN=C(NCCNC(=O)c1ccccc1F)N1CCSC2(CCCCC2)C1.I. The van der Waals surface area contributed by atoms with Gasteiger partial charge in [-0.25, -0.2) is 4.39 Å². The molecule has 156 valence electrons. The molecule has 1 amide bonds. The van der Waals surface area contributed by atoms with Gasteiger partial charge in [-0.15, -0.1) is 24.0 Å². The summed E-state index contributed by atoms with van der Waals surface area (Å²) >= 11 is 2.13. The maximum absolute atomic E-state index is 13.6. The van der Waals surface area contributed by atoms with Crippen LogP contribution in [0.5, 0.6) is 0 Å². The van der Waals surface area contributed by atoms with Crippen LogP contribution in [0.2, 0.25) is 0 Å². The number of amides is 1. The molecule has 1 aliphatic heterocycles. The van der Waals surface area contributed by atoms with Crippen molar-refractivity contribution in [2.24, 2.45) is 4.99 Å². The van der Waals surface area contributed by atoms with Gasteiger partial charge >= 0.3 is 0 Å². The minimum Gasteiger partial charge on any atom is -0.354 e. The molecule has 0 atom stereocenters. The number of rotatable bonds is 4. The molecule has 1 saturated heterocycles. The lowest BCUT2D eigenvalue weighted by Crippen LogP contribution is -2.54. The summed E-state index contributed by atoms with van der Waals surface area (Å²) in [5, 5.41) is 6.10. The Balaban J connectivity index is 0.00000280. The van der Waals surface area contributed by atoms with Gasteiger partial charge in [-0.1, -0.05) is 31.4 Å². The smallest absolute Gasteiger partial charge is 0.254 e. The number of halogens is 2. The van der Waals surface area contributed by atoms with Crippen LogP contribution in [0.25, 0.3) is 0 Å². The topological polar surface area (TPSA) is 56.7 Å². The minimum absolute atomic E-state index is 0. The second-order valence-corrected chi connectivity index (χ2v) is 8.79. The molecule has 1 heterocycles. The van der Waals surface area contributed by atoms with Gasteiger partial charge in [0.1, 0.15) is 5.82 Å². The summed E-state index contributed by atoms with van der Waals surface area (Å²) < 4.78 is 14.0. The van der Waals surface area contributed by atoms with E-state index in [1.807, 2.05) is 0 Å². The zero-order chi connectivity index (χ0) is 19.1. The number of aliphatic imine (C=N–C) groups is 1. The molecule has 0 unspecified atom stereocenters. The molecule has 2 fully saturated rings. The molecule has 1 aromatic rings. The fourth-order valence-electron chi connectivity index (χ4n) is 3.95. The van der Waals surface area contributed by atoms with E-state index in [9.17, 15) is 9.18 Å². The fraction of sp³-hybridized carbons (Fsp3) is 0.600. The second kappa shape index (κ2) is 11.2. The summed E-state index contributed by atoms with van der Waals surface area (Å²) in [5.74, 6) is 1.13. The van der Waals surface area contributed by atoms with Crippen LogP contribution in [0.1, 0.15) is 42.5 Å². The van der Waals surface area contributed by atoms with E-state index < -0.39 is 5.82 Å². The molecule has 1 spiro atoms. The number of hydrogen-bond acceptors (Lipinski definition) is 3. The van der Waals surface area contributed by atoms with Crippen LogP contribution in [-0.2, 0) is 0 Å². The summed E-state index contributed by atoms with van der Waals surface area (Å²) in [4.78, 5) is 18.8. The second-order valence-electron chi connectivity index (χ2n) is 7.22. The average molecular weight is 520 g/mol. The van der Waals surface area contributed by atoms with Gasteiger partial charge in [0, 0.05) is 43.7 Å². The first-order chi connectivity index (χ1) is 13.1. The van der Waals surface area contributed by atoms with Crippen molar-refractivity contribution in [3.63, 3.8) is 0 Å². The van der Waals surface area contributed by atoms with Crippen molar-refractivity contribution in [1.29, 1.82) is 0 Å². The molecule has 1 aromatic carbocycles. The summed E-state index contributed by atoms with van der Waals surface area (Å²) in [6.07, 6.45) is 6.61. The monoisotopic (exact) mass is 520 g/mol. The molecule has 0 bridgehead atoms. The van der Waals surface area contributed by atoms with Crippen molar-refractivity contribution in [3.8, 4) is 0 Å². The van der Waals surface area contributed by atoms with E-state index in [4.69, 9.17) is 0 Å². The molecule has 8 heteroatoms. The largest absolute Gasteiger partial charge is 0.354 e. The zero-order valence-corrected chi connectivity index (χ0v) is 19.5. The predicted octanol–water partition coefficient (Wildman–Crippen LogP) is 3.50. The van der Waals surface area contributed by atoms with Gasteiger partial charge in [0.25, 0.3) is 5.91 Å². The van der Waals surface area contributed by atoms with Gasteiger partial charge in [0.2, 0.25) is 0 Å². The number of hydrogen-bond donors (Lipinski definition) is 2. The number of nitrogens with one attached hydrogen (secondary N) is 2. The Labute approximate surface area is 188 Å². The molecule has 5 nitrogen and oxygen atoms in total. The van der Waals surface area contributed by atoms with Gasteiger partial charge in [0.05, 0.1) is 5.56 Å².